The minimum Gasteiger partial charge on any atom is -0.495 e. The maximum absolute atomic E-state index is 9.87. The first-order valence-corrected chi connectivity index (χ1v) is 5.77. The number of benzene rings is 1. The molecule has 0 aromatic heterocycles. The number of aliphatic hydroxyl groups is 1. The van der Waals surface area contributed by atoms with E-state index in [1.807, 2.05) is 6.92 Å². The predicted molar refractivity (Wildman–Crippen MR) is 66.5 cm³/mol. The second-order valence-corrected chi connectivity index (χ2v) is 4.15. The van der Waals surface area contributed by atoms with Crippen LogP contribution in [0.2, 0.25) is 10.0 Å². The first-order chi connectivity index (χ1) is 7.60. The second kappa shape index (κ2) is 6.30. The molecule has 1 atom stereocenters. The van der Waals surface area contributed by atoms with Gasteiger partial charge in [0.2, 0.25) is 0 Å². The monoisotopic (exact) mass is 263 g/mol. The standard InChI is InChI=1S/C11H15Cl2NO2/c1-3-14-6-10(15)7-4-9(13)11(16-2)5-8(7)12/h4-5,10,14-15H,3,6H2,1-2H3. The number of ether oxygens (including phenoxy) is 1. The third kappa shape index (κ3) is 3.25. The number of rotatable bonds is 5. The fourth-order valence-corrected chi connectivity index (χ4v) is 1.88. The van der Waals surface area contributed by atoms with Crippen molar-refractivity contribution in [3.05, 3.63) is 27.7 Å². The summed E-state index contributed by atoms with van der Waals surface area (Å²) in [7, 11) is 1.52. The van der Waals surface area contributed by atoms with Crippen molar-refractivity contribution in [3.8, 4) is 5.75 Å². The van der Waals surface area contributed by atoms with Gasteiger partial charge in [-0.3, -0.25) is 0 Å². The third-order valence-corrected chi connectivity index (χ3v) is 2.84. The van der Waals surface area contributed by atoms with Gasteiger partial charge in [0.25, 0.3) is 0 Å². The summed E-state index contributed by atoms with van der Waals surface area (Å²) in [6, 6.07) is 3.24. The van der Waals surface area contributed by atoms with Crippen molar-refractivity contribution in [1.82, 2.24) is 5.32 Å². The Morgan fingerprint density at radius 3 is 2.62 bits per heavy atom. The molecule has 0 radical (unpaired) electrons. The van der Waals surface area contributed by atoms with Gasteiger partial charge in [0.1, 0.15) is 5.75 Å². The van der Waals surface area contributed by atoms with E-state index < -0.39 is 6.10 Å². The summed E-state index contributed by atoms with van der Waals surface area (Å²) in [5, 5.41) is 13.8. The van der Waals surface area contributed by atoms with E-state index in [2.05, 4.69) is 5.32 Å². The summed E-state index contributed by atoms with van der Waals surface area (Å²) in [4.78, 5) is 0. The second-order valence-electron chi connectivity index (χ2n) is 3.33. The summed E-state index contributed by atoms with van der Waals surface area (Å²) in [6.07, 6.45) is -0.671. The Hall–Kier alpha value is -0.480. The van der Waals surface area contributed by atoms with Crippen LogP contribution in [0, 0.1) is 0 Å². The van der Waals surface area contributed by atoms with Crippen LogP contribution in [0.1, 0.15) is 18.6 Å². The largest absolute Gasteiger partial charge is 0.495 e. The molecule has 0 aliphatic heterocycles. The topological polar surface area (TPSA) is 41.5 Å². The number of methoxy groups -OCH3 is 1. The Labute approximate surface area is 105 Å². The maximum atomic E-state index is 9.87. The lowest BCUT2D eigenvalue weighted by Gasteiger charge is -2.14. The summed E-state index contributed by atoms with van der Waals surface area (Å²) in [5.74, 6) is 0.506. The Kier molecular flexibility index (Phi) is 5.35. The van der Waals surface area contributed by atoms with Crippen LogP contribution in [-0.2, 0) is 0 Å². The minimum atomic E-state index is -0.671. The van der Waals surface area contributed by atoms with Crippen LogP contribution >= 0.6 is 23.2 Å². The number of hydrogen-bond donors (Lipinski definition) is 2. The smallest absolute Gasteiger partial charge is 0.138 e. The lowest BCUT2D eigenvalue weighted by molar-refractivity contribution is 0.175. The van der Waals surface area contributed by atoms with Crippen molar-refractivity contribution in [1.29, 1.82) is 0 Å². The fraction of sp³-hybridized carbons (Fsp3) is 0.455. The lowest BCUT2D eigenvalue weighted by Crippen LogP contribution is -2.21. The average Bonchev–Trinajstić information content (AvgIpc) is 2.28. The van der Waals surface area contributed by atoms with Crippen LogP contribution < -0.4 is 10.1 Å². The number of likely N-dealkylation sites (N-methyl/N-ethyl adjacent to an activating group) is 1. The molecule has 90 valence electrons. The molecule has 5 heteroatoms. The van der Waals surface area contributed by atoms with Crippen molar-refractivity contribution >= 4 is 23.2 Å². The van der Waals surface area contributed by atoms with Crippen LogP contribution in [0.4, 0.5) is 0 Å². The summed E-state index contributed by atoms with van der Waals surface area (Å²) in [6.45, 7) is 3.20. The molecule has 3 nitrogen and oxygen atoms in total. The third-order valence-electron chi connectivity index (χ3n) is 2.22. The van der Waals surface area contributed by atoms with Gasteiger partial charge in [0, 0.05) is 18.2 Å². The molecular formula is C11H15Cl2NO2. The number of halogens is 2. The average molecular weight is 264 g/mol. The highest BCUT2D eigenvalue weighted by Gasteiger charge is 2.14. The van der Waals surface area contributed by atoms with E-state index in [0.717, 1.165) is 6.54 Å². The van der Waals surface area contributed by atoms with Gasteiger partial charge in [-0.1, -0.05) is 30.1 Å². The zero-order valence-corrected chi connectivity index (χ0v) is 10.8. The molecule has 1 unspecified atom stereocenters. The van der Waals surface area contributed by atoms with E-state index in [1.165, 1.54) is 7.11 Å². The fourth-order valence-electron chi connectivity index (χ4n) is 1.35. The molecule has 0 fully saturated rings. The quantitative estimate of drug-likeness (QED) is 0.859. The molecule has 16 heavy (non-hydrogen) atoms. The zero-order valence-electron chi connectivity index (χ0n) is 9.26. The van der Waals surface area contributed by atoms with Crippen molar-refractivity contribution < 1.29 is 9.84 Å². The molecule has 2 N–H and O–H groups in total. The molecule has 1 aromatic carbocycles. The molecule has 0 aliphatic rings. The van der Waals surface area contributed by atoms with Crippen LogP contribution in [0.25, 0.3) is 0 Å². The van der Waals surface area contributed by atoms with Crippen LogP contribution in [0.15, 0.2) is 12.1 Å². The predicted octanol–water partition coefficient (Wildman–Crippen LogP) is 2.64. The van der Waals surface area contributed by atoms with E-state index in [9.17, 15) is 5.11 Å². The Bertz CT molecular complexity index is 358. The van der Waals surface area contributed by atoms with Crippen molar-refractivity contribution in [2.75, 3.05) is 20.2 Å². The number of aliphatic hydroxyl groups excluding tert-OH is 1. The normalized spacial score (nSPS) is 12.6. The highest BCUT2D eigenvalue weighted by Crippen LogP contribution is 2.33. The first-order valence-electron chi connectivity index (χ1n) is 5.01. The molecule has 0 saturated heterocycles. The van der Waals surface area contributed by atoms with Crippen LogP contribution in [0.5, 0.6) is 5.75 Å². The highest BCUT2D eigenvalue weighted by molar-refractivity contribution is 6.34. The summed E-state index contributed by atoms with van der Waals surface area (Å²) < 4.78 is 5.03. The highest BCUT2D eigenvalue weighted by atomic mass is 35.5. The van der Waals surface area contributed by atoms with Gasteiger partial charge >= 0.3 is 0 Å². The summed E-state index contributed by atoms with van der Waals surface area (Å²) >= 11 is 12.0. The van der Waals surface area contributed by atoms with E-state index in [-0.39, 0.29) is 0 Å². The van der Waals surface area contributed by atoms with Gasteiger partial charge in [0.15, 0.2) is 0 Å². The van der Waals surface area contributed by atoms with Gasteiger partial charge in [-0.15, -0.1) is 0 Å². The molecule has 0 saturated carbocycles. The van der Waals surface area contributed by atoms with Crippen molar-refractivity contribution in [2.24, 2.45) is 0 Å². The minimum absolute atomic E-state index is 0.442. The first kappa shape index (κ1) is 13.6. The molecular weight excluding hydrogens is 249 g/mol. The van der Waals surface area contributed by atoms with Crippen LogP contribution in [-0.4, -0.2) is 25.3 Å². The molecule has 0 amide bonds. The van der Waals surface area contributed by atoms with Gasteiger partial charge in [-0.25, -0.2) is 0 Å². The number of hydrogen-bond acceptors (Lipinski definition) is 3. The zero-order chi connectivity index (χ0) is 12.1. The van der Waals surface area contributed by atoms with Gasteiger partial charge in [-0.05, 0) is 12.6 Å². The Morgan fingerprint density at radius 1 is 1.38 bits per heavy atom. The maximum Gasteiger partial charge on any atom is 0.138 e. The molecule has 0 heterocycles. The Morgan fingerprint density at radius 2 is 2.06 bits per heavy atom. The molecule has 0 spiro atoms. The van der Waals surface area contributed by atoms with Gasteiger partial charge in [0.05, 0.1) is 23.3 Å². The van der Waals surface area contributed by atoms with E-state index in [1.54, 1.807) is 12.1 Å². The van der Waals surface area contributed by atoms with Crippen molar-refractivity contribution in [2.45, 2.75) is 13.0 Å². The van der Waals surface area contributed by atoms with E-state index in [4.69, 9.17) is 27.9 Å². The molecule has 0 bridgehead atoms. The number of nitrogens with one attached hydrogen (secondary N) is 1. The molecule has 1 aromatic rings. The van der Waals surface area contributed by atoms with E-state index in [0.29, 0.717) is 27.9 Å². The molecule has 0 aliphatic carbocycles. The molecule has 1 rings (SSSR count). The van der Waals surface area contributed by atoms with E-state index >= 15 is 0 Å². The van der Waals surface area contributed by atoms with Crippen LogP contribution in [0.3, 0.4) is 0 Å². The Balaban J connectivity index is 2.92. The SMILES string of the molecule is CCNCC(O)c1cc(Cl)c(OC)cc1Cl. The summed E-state index contributed by atoms with van der Waals surface area (Å²) in [5.41, 5.74) is 0.605. The van der Waals surface area contributed by atoms with Crippen molar-refractivity contribution in [3.63, 3.8) is 0 Å². The van der Waals surface area contributed by atoms with Gasteiger partial charge < -0.3 is 15.2 Å². The van der Waals surface area contributed by atoms with Gasteiger partial charge in [-0.2, -0.15) is 0 Å². The lowest BCUT2D eigenvalue weighted by atomic mass is 10.1.